The van der Waals surface area contributed by atoms with Gasteiger partial charge in [-0.1, -0.05) is 48.0 Å². The molecule has 0 spiro atoms. The lowest BCUT2D eigenvalue weighted by Crippen LogP contribution is -2.55. The number of hydrogen-bond acceptors (Lipinski definition) is 4. The van der Waals surface area contributed by atoms with E-state index in [1.807, 2.05) is 61.5 Å². The summed E-state index contributed by atoms with van der Waals surface area (Å²) >= 11 is 6.07. The maximum atomic E-state index is 12.4. The van der Waals surface area contributed by atoms with Gasteiger partial charge in [-0.05, 0) is 30.7 Å². The average Bonchev–Trinajstić information content (AvgIpc) is 2.72. The Morgan fingerprint density at radius 3 is 2.43 bits per heavy atom. The lowest BCUT2D eigenvalue weighted by molar-refractivity contribution is -0.124. The van der Waals surface area contributed by atoms with E-state index in [9.17, 15) is 9.59 Å². The molecule has 6 nitrogen and oxygen atoms in total. The van der Waals surface area contributed by atoms with Gasteiger partial charge in [0.25, 0.3) is 0 Å². The maximum absolute atomic E-state index is 12.4. The number of nitrogens with zero attached hydrogens (tertiary/aromatic N) is 2. The van der Waals surface area contributed by atoms with Crippen LogP contribution in [0.4, 0.5) is 10.5 Å². The molecule has 1 saturated heterocycles. The molecule has 0 unspecified atom stereocenters. The second kappa shape index (κ2) is 9.57. The zero-order valence-corrected chi connectivity index (χ0v) is 16.7. The van der Waals surface area contributed by atoms with E-state index >= 15 is 0 Å². The Kier molecular flexibility index (Phi) is 6.90. The van der Waals surface area contributed by atoms with Crippen molar-refractivity contribution in [3.63, 3.8) is 0 Å². The van der Waals surface area contributed by atoms with Gasteiger partial charge in [-0.15, -0.1) is 0 Å². The number of carbonyl (C=O) groups excluding carboxylic acids is 2. The van der Waals surface area contributed by atoms with Crippen molar-refractivity contribution in [2.45, 2.75) is 19.5 Å². The summed E-state index contributed by atoms with van der Waals surface area (Å²) in [6.45, 7) is 5.30. The third-order valence-electron chi connectivity index (χ3n) is 4.95. The summed E-state index contributed by atoms with van der Waals surface area (Å²) < 4.78 is 0. The quantitative estimate of drug-likeness (QED) is 0.810. The average molecular weight is 401 g/mol. The first-order valence-electron chi connectivity index (χ1n) is 9.40. The number of amides is 3. The van der Waals surface area contributed by atoms with Gasteiger partial charge < -0.3 is 10.2 Å². The van der Waals surface area contributed by atoms with E-state index in [1.165, 1.54) is 0 Å². The van der Waals surface area contributed by atoms with Crippen LogP contribution < -0.4 is 15.5 Å². The minimum absolute atomic E-state index is 0.290. The number of halogens is 1. The SMILES string of the molecule is C[C@H](C(=O)NC(=O)NCc1ccccc1)N1CCN(c2cccc(Cl)c2)CC1. The second-order valence-electron chi connectivity index (χ2n) is 6.84. The second-order valence-corrected chi connectivity index (χ2v) is 7.27. The summed E-state index contributed by atoms with van der Waals surface area (Å²) in [6, 6.07) is 16.5. The molecule has 3 rings (SSSR count). The fourth-order valence-corrected chi connectivity index (χ4v) is 3.43. The van der Waals surface area contributed by atoms with Crippen molar-refractivity contribution in [2.24, 2.45) is 0 Å². The van der Waals surface area contributed by atoms with Crippen molar-refractivity contribution < 1.29 is 9.59 Å². The summed E-state index contributed by atoms with van der Waals surface area (Å²) in [5, 5.41) is 5.86. The predicted octanol–water partition coefficient (Wildman–Crippen LogP) is 2.88. The Hall–Kier alpha value is -2.57. The predicted molar refractivity (Wildman–Crippen MR) is 112 cm³/mol. The number of rotatable bonds is 5. The van der Waals surface area contributed by atoms with E-state index in [-0.39, 0.29) is 11.9 Å². The Morgan fingerprint density at radius 2 is 1.75 bits per heavy atom. The molecule has 1 fully saturated rings. The van der Waals surface area contributed by atoms with Crippen LogP contribution in [-0.4, -0.2) is 49.1 Å². The van der Waals surface area contributed by atoms with E-state index in [2.05, 4.69) is 20.4 Å². The Balaban J connectivity index is 1.44. The molecule has 1 aliphatic heterocycles. The molecule has 0 radical (unpaired) electrons. The highest BCUT2D eigenvalue weighted by molar-refractivity contribution is 6.30. The first kappa shape index (κ1) is 20.2. The molecule has 0 aliphatic carbocycles. The van der Waals surface area contributed by atoms with E-state index in [0.29, 0.717) is 11.6 Å². The highest BCUT2D eigenvalue weighted by atomic mass is 35.5. The van der Waals surface area contributed by atoms with Gasteiger partial charge in [0.1, 0.15) is 0 Å². The third kappa shape index (κ3) is 5.47. The minimum Gasteiger partial charge on any atom is -0.369 e. The van der Waals surface area contributed by atoms with Crippen molar-refractivity contribution in [2.75, 3.05) is 31.1 Å². The summed E-state index contributed by atoms with van der Waals surface area (Å²) in [4.78, 5) is 28.7. The topological polar surface area (TPSA) is 64.7 Å². The van der Waals surface area contributed by atoms with Crippen LogP contribution in [0.5, 0.6) is 0 Å². The normalized spacial score (nSPS) is 15.7. The lowest BCUT2D eigenvalue weighted by Gasteiger charge is -2.38. The third-order valence-corrected chi connectivity index (χ3v) is 5.18. The van der Waals surface area contributed by atoms with E-state index in [4.69, 9.17) is 11.6 Å². The molecule has 2 N–H and O–H groups in total. The Morgan fingerprint density at radius 1 is 1.04 bits per heavy atom. The highest BCUT2D eigenvalue weighted by Gasteiger charge is 2.26. The summed E-state index contributed by atoms with van der Waals surface area (Å²) in [6.07, 6.45) is 0. The number of benzene rings is 2. The van der Waals surface area contributed by atoms with E-state index in [0.717, 1.165) is 37.4 Å². The van der Waals surface area contributed by atoms with Crippen molar-refractivity contribution in [3.05, 3.63) is 65.2 Å². The van der Waals surface area contributed by atoms with Crippen LogP contribution in [0.1, 0.15) is 12.5 Å². The molecule has 1 heterocycles. The summed E-state index contributed by atoms with van der Waals surface area (Å²) in [5.41, 5.74) is 2.07. The molecule has 0 bridgehead atoms. The molecule has 148 valence electrons. The Labute approximate surface area is 170 Å². The van der Waals surface area contributed by atoms with Crippen LogP contribution in [0.3, 0.4) is 0 Å². The van der Waals surface area contributed by atoms with Crippen LogP contribution in [0.2, 0.25) is 5.02 Å². The van der Waals surface area contributed by atoms with Gasteiger partial charge >= 0.3 is 6.03 Å². The largest absolute Gasteiger partial charge is 0.369 e. The van der Waals surface area contributed by atoms with Crippen molar-refractivity contribution in [1.82, 2.24) is 15.5 Å². The molecule has 2 aromatic rings. The zero-order valence-electron chi connectivity index (χ0n) is 15.9. The number of imide groups is 1. The molecule has 1 atom stereocenters. The molecule has 2 aromatic carbocycles. The van der Waals surface area contributed by atoms with Crippen LogP contribution in [0, 0.1) is 0 Å². The maximum Gasteiger partial charge on any atom is 0.321 e. The van der Waals surface area contributed by atoms with E-state index in [1.54, 1.807) is 0 Å². The number of hydrogen-bond donors (Lipinski definition) is 2. The van der Waals surface area contributed by atoms with Crippen LogP contribution >= 0.6 is 11.6 Å². The molecular formula is C21H25ClN4O2. The van der Waals surface area contributed by atoms with Crippen molar-refractivity contribution >= 4 is 29.2 Å². The van der Waals surface area contributed by atoms with Gasteiger partial charge in [-0.2, -0.15) is 0 Å². The lowest BCUT2D eigenvalue weighted by atomic mass is 10.2. The first-order valence-corrected chi connectivity index (χ1v) is 9.78. The number of piperazine rings is 1. The minimum atomic E-state index is -0.474. The summed E-state index contributed by atoms with van der Waals surface area (Å²) in [5.74, 6) is -0.290. The van der Waals surface area contributed by atoms with Crippen LogP contribution in [-0.2, 0) is 11.3 Å². The van der Waals surface area contributed by atoms with Crippen molar-refractivity contribution in [3.8, 4) is 0 Å². The standard InChI is InChI=1S/C21H25ClN4O2/c1-16(20(27)24-21(28)23-15-17-6-3-2-4-7-17)25-10-12-26(13-11-25)19-9-5-8-18(22)14-19/h2-9,14,16H,10-13,15H2,1H3,(H2,23,24,27,28)/t16-/m1/s1. The number of carbonyl (C=O) groups is 2. The molecule has 3 amide bonds. The fourth-order valence-electron chi connectivity index (χ4n) is 3.24. The smallest absolute Gasteiger partial charge is 0.321 e. The monoisotopic (exact) mass is 400 g/mol. The molecular weight excluding hydrogens is 376 g/mol. The van der Waals surface area contributed by atoms with Crippen LogP contribution in [0.15, 0.2) is 54.6 Å². The highest BCUT2D eigenvalue weighted by Crippen LogP contribution is 2.21. The first-order chi connectivity index (χ1) is 13.5. The van der Waals surface area contributed by atoms with Gasteiger partial charge in [0.05, 0.1) is 6.04 Å². The molecule has 1 aliphatic rings. The van der Waals surface area contributed by atoms with Crippen molar-refractivity contribution in [1.29, 1.82) is 0 Å². The van der Waals surface area contributed by atoms with Crippen LogP contribution in [0.25, 0.3) is 0 Å². The fraction of sp³-hybridized carbons (Fsp3) is 0.333. The molecule has 28 heavy (non-hydrogen) atoms. The van der Waals surface area contributed by atoms with E-state index < -0.39 is 6.03 Å². The number of anilines is 1. The van der Waals surface area contributed by atoms with Gasteiger partial charge in [0, 0.05) is 43.4 Å². The van der Waals surface area contributed by atoms with Gasteiger partial charge in [0.15, 0.2) is 0 Å². The molecule has 7 heteroatoms. The summed E-state index contributed by atoms with van der Waals surface area (Å²) in [7, 11) is 0. The Bertz CT molecular complexity index is 807. The molecule has 0 aromatic heterocycles. The number of urea groups is 1. The van der Waals surface area contributed by atoms with Gasteiger partial charge in [-0.25, -0.2) is 4.79 Å². The van der Waals surface area contributed by atoms with Gasteiger partial charge in [0.2, 0.25) is 5.91 Å². The van der Waals surface area contributed by atoms with Gasteiger partial charge in [-0.3, -0.25) is 15.0 Å². The molecule has 0 saturated carbocycles. The zero-order chi connectivity index (χ0) is 19.9. The number of nitrogens with one attached hydrogen (secondary N) is 2.